The summed E-state index contributed by atoms with van der Waals surface area (Å²) in [5, 5.41) is 2.91. The minimum atomic E-state index is -0.295. The molecule has 7 heteroatoms. The van der Waals surface area contributed by atoms with Crippen molar-refractivity contribution in [3.63, 3.8) is 0 Å². The molecule has 3 aromatic rings. The Bertz CT molecular complexity index is 1060. The Balaban J connectivity index is 2.04. The van der Waals surface area contributed by atoms with E-state index in [1.165, 1.54) is 11.3 Å². The Kier molecular flexibility index (Phi) is 6.71. The molecule has 2 aromatic carbocycles. The lowest BCUT2D eigenvalue weighted by Gasteiger charge is -2.16. The number of nitrogens with two attached hydrogens (primary N) is 1. The number of rotatable bonds is 7. The third-order valence-electron chi connectivity index (χ3n) is 4.68. The SMILES string of the molecule is CCOc1ccccc1NC(=O)c1sc(=S)n(-c2c(CC)cccc2CC)c1N. The first-order chi connectivity index (χ1) is 14.0. The summed E-state index contributed by atoms with van der Waals surface area (Å²) in [6.45, 7) is 6.61. The summed E-state index contributed by atoms with van der Waals surface area (Å²) < 4.78 is 7.99. The van der Waals surface area contributed by atoms with Crippen LogP contribution in [0.25, 0.3) is 5.69 Å². The first-order valence-electron chi connectivity index (χ1n) is 9.67. The molecule has 0 fully saturated rings. The second kappa shape index (κ2) is 9.24. The maximum absolute atomic E-state index is 13.0. The number of aromatic nitrogens is 1. The molecule has 0 atom stereocenters. The summed E-state index contributed by atoms with van der Waals surface area (Å²) in [6, 6.07) is 13.5. The van der Waals surface area contributed by atoms with Crippen LogP contribution in [0.2, 0.25) is 0 Å². The standard InChI is InChI=1S/C22H25N3O2S2/c1-4-14-10-9-11-15(5-2)18(14)25-20(23)19(29-22(25)28)21(26)24-16-12-7-8-13-17(16)27-6-3/h7-13H,4-6,23H2,1-3H3,(H,24,26). The van der Waals surface area contributed by atoms with Crippen LogP contribution in [-0.4, -0.2) is 17.1 Å². The van der Waals surface area contributed by atoms with E-state index in [0.29, 0.717) is 32.7 Å². The van der Waals surface area contributed by atoms with Crippen LogP contribution in [0.1, 0.15) is 41.6 Å². The van der Waals surface area contributed by atoms with E-state index in [-0.39, 0.29) is 5.91 Å². The van der Waals surface area contributed by atoms with Crippen molar-refractivity contribution < 1.29 is 9.53 Å². The molecule has 1 amide bonds. The van der Waals surface area contributed by atoms with Gasteiger partial charge in [-0.25, -0.2) is 0 Å². The predicted molar refractivity (Wildman–Crippen MR) is 123 cm³/mol. The number of anilines is 2. The summed E-state index contributed by atoms with van der Waals surface area (Å²) in [5.74, 6) is 0.688. The van der Waals surface area contributed by atoms with Crippen LogP contribution >= 0.6 is 23.6 Å². The van der Waals surface area contributed by atoms with Crippen LogP contribution in [0.4, 0.5) is 11.5 Å². The first kappa shape index (κ1) is 21.1. The minimum absolute atomic E-state index is 0.295. The van der Waals surface area contributed by atoms with E-state index in [9.17, 15) is 4.79 Å². The Morgan fingerprint density at radius 1 is 1.10 bits per heavy atom. The molecule has 0 saturated carbocycles. The number of amides is 1. The van der Waals surface area contributed by atoms with Crippen molar-refractivity contribution in [1.82, 2.24) is 4.57 Å². The van der Waals surface area contributed by atoms with Gasteiger partial charge in [-0.05, 0) is 55.2 Å². The number of nitrogens with one attached hydrogen (secondary N) is 1. The van der Waals surface area contributed by atoms with Crippen molar-refractivity contribution in [3.05, 3.63) is 62.4 Å². The zero-order chi connectivity index (χ0) is 21.0. The Hall–Kier alpha value is -2.64. The summed E-state index contributed by atoms with van der Waals surface area (Å²) in [5.41, 5.74) is 10.3. The molecule has 29 heavy (non-hydrogen) atoms. The fourth-order valence-corrected chi connectivity index (χ4v) is 4.53. The monoisotopic (exact) mass is 427 g/mol. The number of nitrogen functional groups attached to an aromatic ring is 1. The maximum Gasteiger partial charge on any atom is 0.269 e. The van der Waals surface area contributed by atoms with Gasteiger partial charge in [0, 0.05) is 0 Å². The molecular weight excluding hydrogens is 402 g/mol. The molecule has 1 heterocycles. The third kappa shape index (κ3) is 4.21. The number of para-hydroxylation sites is 3. The van der Waals surface area contributed by atoms with Crippen LogP contribution in [0.5, 0.6) is 5.75 Å². The third-order valence-corrected chi connectivity index (χ3v) is 6.06. The summed E-state index contributed by atoms with van der Waals surface area (Å²) in [4.78, 5) is 13.4. The number of benzene rings is 2. The van der Waals surface area contributed by atoms with Gasteiger partial charge < -0.3 is 15.8 Å². The number of nitrogens with zero attached hydrogens (tertiary/aromatic N) is 1. The molecule has 0 unspecified atom stereocenters. The first-order valence-corrected chi connectivity index (χ1v) is 10.9. The molecule has 1 aromatic heterocycles. The molecule has 152 valence electrons. The van der Waals surface area contributed by atoms with Crippen molar-refractivity contribution in [2.75, 3.05) is 17.7 Å². The smallest absolute Gasteiger partial charge is 0.269 e. The van der Waals surface area contributed by atoms with Gasteiger partial charge >= 0.3 is 0 Å². The largest absolute Gasteiger partial charge is 0.492 e. The topological polar surface area (TPSA) is 69.3 Å². The van der Waals surface area contributed by atoms with Gasteiger partial charge in [-0.1, -0.05) is 55.5 Å². The van der Waals surface area contributed by atoms with E-state index in [4.69, 9.17) is 22.7 Å². The average molecular weight is 428 g/mol. The maximum atomic E-state index is 13.0. The number of aryl methyl sites for hydroxylation is 2. The second-order valence-electron chi connectivity index (χ2n) is 6.43. The van der Waals surface area contributed by atoms with Gasteiger partial charge in [-0.2, -0.15) is 0 Å². The predicted octanol–water partition coefficient (Wildman–Crippen LogP) is 5.63. The Morgan fingerprint density at radius 3 is 2.38 bits per heavy atom. The van der Waals surface area contributed by atoms with Gasteiger partial charge in [0.15, 0.2) is 3.95 Å². The number of hydrogen-bond donors (Lipinski definition) is 2. The van der Waals surface area contributed by atoms with Crippen molar-refractivity contribution in [1.29, 1.82) is 0 Å². The zero-order valence-electron chi connectivity index (χ0n) is 16.8. The van der Waals surface area contributed by atoms with E-state index in [1.807, 2.05) is 35.8 Å². The molecule has 0 aliphatic rings. The number of carbonyl (C=O) groups excluding carboxylic acids is 1. The van der Waals surface area contributed by atoms with Crippen LogP contribution < -0.4 is 15.8 Å². The number of ether oxygens (including phenoxy) is 1. The van der Waals surface area contributed by atoms with Gasteiger partial charge in [0.05, 0.1) is 18.0 Å². The second-order valence-corrected chi connectivity index (χ2v) is 8.08. The van der Waals surface area contributed by atoms with Gasteiger partial charge in [0.25, 0.3) is 5.91 Å². The average Bonchev–Trinajstić information content (AvgIpc) is 3.02. The van der Waals surface area contributed by atoms with E-state index >= 15 is 0 Å². The molecular formula is C22H25N3O2S2. The highest BCUT2D eigenvalue weighted by Gasteiger charge is 2.21. The van der Waals surface area contributed by atoms with Crippen LogP contribution in [0.15, 0.2) is 42.5 Å². The molecule has 0 saturated heterocycles. The van der Waals surface area contributed by atoms with Crippen LogP contribution in [0.3, 0.4) is 0 Å². The van der Waals surface area contributed by atoms with Gasteiger partial charge in [-0.3, -0.25) is 9.36 Å². The highest BCUT2D eigenvalue weighted by Crippen LogP contribution is 2.32. The Morgan fingerprint density at radius 2 is 1.76 bits per heavy atom. The molecule has 0 radical (unpaired) electrons. The van der Waals surface area contributed by atoms with Crippen molar-refractivity contribution in [2.24, 2.45) is 0 Å². The molecule has 0 aliphatic heterocycles. The highest BCUT2D eigenvalue weighted by atomic mass is 32.1. The number of thiazole rings is 1. The number of carbonyl (C=O) groups is 1. The summed E-state index contributed by atoms with van der Waals surface area (Å²) >= 11 is 6.83. The normalized spacial score (nSPS) is 10.7. The molecule has 3 N–H and O–H groups in total. The zero-order valence-corrected chi connectivity index (χ0v) is 18.5. The van der Waals surface area contributed by atoms with Gasteiger partial charge in [0.1, 0.15) is 16.4 Å². The number of hydrogen-bond acceptors (Lipinski definition) is 5. The summed E-state index contributed by atoms with van der Waals surface area (Å²) in [6.07, 6.45) is 1.70. The fraction of sp³-hybridized carbons (Fsp3) is 0.273. The van der Waals surface area contributed by atoms with Crippen molar-refractivity contribution >= 4 is 41.0 Å². The summed E-state index contributed by atoms with van der Waals surface area (Å²) in [7, 11) is 0. The molecule has 3 rings (SSSR count). The molecule has 5 nitrogen and oxygen atoms in total. The van der Waals surface area contributed by atoms with Crippen LogP contribution in [0, 0.1) is 3.95 Å². The van der Waals surface area contributed by atoms with E-state index in [2.05, 4.69) is 31.3 Å². The highest BCUT2D eigenvalue weighted by molar-refractivity contribution is 7.73. The van der Waals surface area contributed by atoms with Crippen molar-refractivity contribution in [3.8, 4) is 11.4 Å². The van der Waals surface area contributed by atoms with Crippen molar-refractivity contribution in [2.45, 2.75) is 33.6 Å². The quantitative estimate of drug-likeness (QED) is 0.480. The van der Waals surface area contributed by atoms with E-state index in [1.54, 1.807) is 6.07 Å². The van der Waals surface area contributed by atoms with Crippen LogP contribution in [-0.2, 0) is 12.8 Å². The fourth-order valence-electron chi connectivity index (χ4n) is 3.29. The molecule has 0 bridgehead atoms. The van der Waals surface area contributed by atoms with E-state index < -0.39 is 0 Å². The molecule has 0 spiro atoms. The Labute approximate surface area is 180 Å². The molecule has 0 aliphatic carbocycles. The lowest BCUT2D eigenvalue weighted by molar-refractivity contribution is 0.103. The van der Waals surface area contributed by atoms with Gasteiger partial charge in [-0.15, -0.1) is 0 Å². The minimum Gasteiger partial charge on any atom is -0.492 e. The lowest BCUT2D eigenvalue weighted by Crippen LogP contribution is -2.15. The van der Waals surface area contributed by atoms with Gasteiger partial charge in [0.2, 0.25) is 0 Å². The van der Waals surface area contributed by atoms with E-state index in [0.717, 1.165) is 29.7 Å². The lowest BCUT2D eigenvalue weighted by atomic mass is 10.0.